The maximum absolute atomic E-state index is 9.22. The topological polar surface area (TPSA) is 106 Å². The van der Waals surface area contributed by atoms with Gasteiger partial charge in [-0.3, -0.25) is 4.98 Å². The molecule has 0 bridgehead atoms. The zero-order valence-corrected chi connectivity index (χ0v) is 13.9. The number of pyridine rings is 1. The minimum absolute atomic E-state index is 0.117. The summed E-state index contributed by atoms with van der Waals surface area (Å²) in [5, 5.41) is 12.2. The van der Waals surface area contributed by atoms with E-state index < -0.39 is 0 Å². The predicted molar refractivity (Wildman–Crippen MR) is 95.7 cm³/mol. The molecule has 0 saturated heterocycles. The first-order chi connectivity index (χ1) is 12.2. The lowest BCUT2D eigenvalue weighted by Crippen LogP contribution is -2.16. The summed E-state index contributed by atoms with van der Waals surface area (Å²) in [5.41, 5.74) is 1.91. The van der Waals surface area contributed by atoms with Gasteiger partial charge in [0.25, 0.3) is 0 Å². The molecule has 0 aliphatic heterocycles. The molecule has 2 rings (SSSR count). The second-order valence-electron chi connectivity index (χ2n) is 5.01. The van der Waals surface area contributed by atoms with Crippen LogP contribution < -0.4 is 16.0 Å². The van der Waals surface area contributed by atoms with E-state index in [1.54, 1.807) is 36.5 Å². The highest BCUT2D eigenvalue weighted by atomic mass is 16.6. The predicted octanol–water partition coefficient (Wildman–Crippen LogP) is 1.86. The van der Waals surface area contributed by atoms with Gasteiger partial charge in [-0.1, -0.05) is 12.6 Å². The maximum Gasteiger partial charge on any atom is 0.245 e. The quantitative estimate of drug-likeness (QED) is 0.346. The molecular weight excluding hydrogens is 318 g/mol. The van der Waals surface area contributed by atoms with Crippen molar-refractivity contribution in [1.82, 2.24) is 10.3 Å². The van der Waals surface area contributed by atoms with E-state index in [1.165, 1.54) is 0 Å². The van der Waals surface area contributed by atoms with Gasteiger partial charge in [-0.05, 0) is 37.4 Å². The first kappa shape index (κ1) is 18.1. The molecule has 1 heterocycles. The lowest BCUT2D eigenvalue weighted by atomic mass is 10.1. The van der Waals surface area contributed by atoms with Crippen LogP contribution in [0.25, 0.3) is 5.70 Å². The van der Waals surface area contributed by atoms with Gasteiger partial charge in [0, 0.05) is 18.3 Å². The number of rotatable bonds is 7. The molecule has 0 unspecified atom stereocenters. The van der Waals surface area contributed by atoms with E-state index in [1.807, 2.05) is 13.1 Å². The number of hydrogen-bond donors (Lipinski definition) is 2. The van der Waals surface area contributed by atoms with E-state index >= 15 is 0 Å². The van der Waals surface area contributed by atoms with E-state index in [-0.39, 0.29) is 5.90 Å². The summed E-state index contributed by atoms with van der Waals surface area (Å²) in [6.45, 7) is 5.01. The summed E-state index contributed by atoms with van der Waals surface area (Å²) in [6, 6.07) is 12.4. The molecule has 0 aliphatic rings. The summed E-state index contributed by atoms with van der Waals surface area (Å²) in [5.74, 6) is 6.01. The Morgan fingerprint density at radius 1 is 1.40 bits per heavy atom. The molecule has 3 N–H and O–H groups in total. The van der Waals surface area contributed by atoms with Crippen LogP contribution in [0, 0.1) is 11.3 Å². The van der Waals surface area contributed by atoms with Gasteiger partial charge in [0.05, 0.1) is 23.0 Å². The highest BCUT2D eigenvalue weighted by Crippen LogP contribution is 2.20. The second-order valence-corrected chi connectivity index (χ2v) is 5.01. The average Bonchev–Trinajstić information content (AvgIpc) is 2.66. The Morgan fingerprint density at radius 2 is 2.24 bits per heavy atom. The molecule has 7 heteroatoms. The zero-order valence-electron chi connectivity index (χ0n) is 13.9. The van der Waals surface area contributed by atoms with Gasteiger partial charge in [-0.25, -0.2) is 4.99 Å². The van der Waals surface area contributed by atoms with Crippen LogP contribution in [0.15, 0.2) is 54.2 Å². The number of benzene rings is 1. The molecule has 7 nitrogen and oxygen atoms in total. The van der Waals surface area contributed by atoms with Gasteiger partial charge in [-0.2, -0.15) is 11.2 Å². The van der Waals surface area contributed by atoms with Gasteiger partial charge in [0.15, 0.2) is 0 Å². The van der Waals surface area contributed by atoms with Crippen LogP contribution >= 0.6 is 0 Å². The Balaban J connectivity index is 2.32. The maximum atomic E-state index is 9.22. The molecule has 1 aromatic carbocycles. The number of likely N-dealkylation sites (N-methyl/N-ethyl adjacent to an activating group) is 1. The third-order valence-electron chi connectivity index (χ3n) is 3.21. The summed E-state index contributed by atoms with van der Waals surface area (Å²) in [6.07, 6.45) is 1.64. The Morgan fingerprint density at radius 3 is 2.88 bits per heavy atom. The SMILES string of the molecule is C=C(/N=C(\ON)c1cc(C#N)cc(OCCNC)c1)c1ccccn1. The number of hydrogen-bond acceptors (Lipinski definition) is 7. The number of ether oxygens (including phenoxy) is 1. The molecule has 1 aromatic heterocycles. The molecule has 0 radical (unpaired) electrons. The molecule has 25 heavy (non-hydrogen) atoms. The van der Waals surface area contributed by atoms with Gasteiger partial charge < -0.3 is 14.9 Å². The van der Waals surface area contributed by atoms with Crippen LogP contribution in [0.5, 0.6) is 5.75 Å². The van der Waals surface area contributed by atoms with Crippen LogP contribution in [0.3, 0.4) is 0 Å². The summed E-state index contributed by atoms with van der Waals surface area (Å²) >= 11 is 0. The largest absolute Gasteiger partial charge is 0.492 e. The molecule has 0 atom stereocenters. The molecule has 0 aliphatic carbocycles. The Hall–Kier alpha value is -3.21. The lowest BCUT2D eigenvalue weighted by Gasteiger charge is -2.10. The normalized spacial score (nSPS) is 10.8. The molecule has 0 spiro atoms. The van der Waals surface area contributed by atoms with Gasteiger partial charge >= 0.3 is 0 Å². The summed E-state index contributed by atoms with van der Waals surface area (Å²) < 4.78 is 5.61. The van der Waals surface area contributed by atoms with Crippen LogP contribution in [0.1, 0.15) is 16.8 Å². The van der Waals surface area contributed by atoms with E-state index in [0.717, 1.165) is 0 Å². The van der Waals surface area contributed by atoms with Crippen molar-refractivity contribution in [2.45, 2.75) is 0 Å². The molecule has 128 valence electrons. The van der Waals surface area contributed by atoms with Crippen LogP contribution in [0.2, 0.25) is 0 Å². The third kappa shape index (κ3) is 5.14. The Bertz CT molecular complexity index is 797. The van der Waals surface area contributed by atoms with Crippen LogP contribution in [-0.2, 0) is 4.84 Å². The minimum Gasteiger partial charge on any atom is -0.492 e. The number of nitrogens with one attached hydrogen (secondary N) is 1. The first-order valence-electron chi connectivity index (χ1n) is 7.56. The van der Waals surface area contributed by atoms with Crippen molar-refractivity contribution in [1.29, 1.82) is 5.26 Å². The van der Waals surface area contributed by atoms with Crippen LogP contribution in [0.4, 0.5) is 0 Å². The molecule has 2 aromatic rings. The fraction of sp³-hybridized carbons (Fsp3) is 0.167. The number of nitriles is 1. The smallest absolute Gasteiger partial charge is 0.245 e. The minimum atomic E-state index is 0.117. The number of aromatic nitrogens is 1. The van der Waals surface area contributed by atoms with E-state index in [0.29, 0.717) is 41.4 Å². The summed E-state index contributed by atoms with van der Waals surface area (Å²) in [4.78, 5) is 13.4. The van der Waals surface area contributed by atoms with Gasteiger partial charge in [0.1, 0.15) is 12.4 Å². The zero-order chi connectivity index (χ0) is 18.1. The molecule has 0 fully saturated rings. The molecular formula is C18H19N5O2. The van der Waals surface area contributed by atoms with Crippen molar-refractivity contribution >= 4 is 11.6 Å². The Kier molecular flexibility index (Phi) is 6.65. The second kappa shape index (κ2) is 9.17. The third-order valence-corrected chi connectivity index (χ3v) is 3.21. The highest BCUT2D eigenvalue weighted by molar-refractivity contribution is 5.97. The van der Waals surface area contributed by atoms with E-state index in [4.69, 9.17) is 15.5 Å². The van der Waals surface area contributed by atoms with Crippen molar-refractivity contribution < 1.29 is 9.57 Å². The average molecular weight is 337 g/mol. The van der Waals surface area contributed by atoms with Crippen molar-refractivity contribution in [3.8, 4) is 11.8 Å². The summed E-state index contributed by atoms with van der Waals surface area (Å²) in [7, 11) is 1.83. The standard InChI is InChI=1S/C18H19N5O2/c1-13(17-5-3-4-6-22-17)23-18(25-20)15-9-14(12-19)10-16(11-15)24-8-7-21-2/h3-6,9-11,21H,1,7-8,20H2,2H3/b23-18-. The van der Waals surface area contributed by atoms with Crippen LogP contribution in [-0.4, -0.2) is 31.1 Å². The van der Waals surface area contributed by atoms with Crippen molar-refractivity contribution in [2.75, 3.05) is 20.2 Å². The Labute approximate surface area is 146 Å². The van der Waals surface area contributed by atoms with Crippen molar-refractivity contribution in [3.05, 3.63) is 66.0 Å². The lowest BCUT2D eigenvalue weighted by molar-refractivity contribution is 0.315. The molecule has 0 amide bonds. The van der Waals surface area contributed by atoms with Gasteiger partial charge in [-0.15, -0.1) is 0 Å². The first-order valence-corrected chi connectivity index (χ1v) is 7.56. The van der Waals surface area contributed by atoms with Crippen molar-refractivity contribution in [2.24, 2.45) is 10.9 Å². The number of nitrogens with zero attached hydrogens (tertiary/aromatic N) is 3. The van der Waals surface area contributed by atoms with E-state index in [9.17, 15) is 5.26 Å². The highest BCUT2D eigenvalue weighted by Gasteiger charge is 2.11. The molecule has 0 saturated carbocycles. The number of nitrogens with two attached hydrogens (primary N) is 1. The van der Waals surface area contributed by atoms with E-state index in [2.05, 4.69) is 27.9 Å². The fourth-order valence-electron chi connectivity index (χ4n) is 2.01. The monoisotopic (exact) mass is 337 g/mol. The number of aliphatic imine (C=N–C) groups is 1. The van der Waals surface area contributed by atoms with Gasteiger partial charge in [0.2, 0.25) is 5.90 Å². The fourth-order valence-corrected chi connectivity index (χ4v) is 2.01. The van der Waals surface area contributed by atoms with Crippen molar-refractivity contribution in [3.63, 3.8) is 0 Å².